The molecule has 4 aromatic rings. The first-order valence-corrected chi connectivity index (χ1v) is 14.4. The van der Waals surface area contributed by atoms with Gasteiger partial charge in [0.05, 0.1) is 6.42 Å². The molecule has 2 fully saturated rings. The molecular weight excluding hydrogens is 515 g/mol. The van der Waals surface area contributed by atoms with Gasteiger partial charge in [0, 0.05) is 47.9 Å². The van der Waals surface area contributed by atoms with Crippen molar-refractivity contribution in [1.82, 2.24) is 14.5 Å². The topological polar surface area (TPSA) is 88.3 Å². The highest BCUT2D eigenvalue weighted by molar-refractivity contribution is 7.14. The van der Waals surface area contributed by atoms with Crippen molar-refractivity contribution in [3.05, 3.63) is 53.9 Å². The van der Waals surface area contributed by atoms with E-state index in [4.69, 9.17) is 0 Å². The van der Waals surface area contributed by atoms with Crippen LogP contribution in [0.4, 0.5) is 9.52 Å². The van der Waals surface area contributed by atoms with Crippen LogP contribution < -0.4 is 4.90 Å². The Bertz CT molecular complexity index is 1540. The molecule has 1 amide bonds. The second kappa shape index (κ2) is 10.5. The molecule has 2 aliphatic carbocycles. The standard InChI is InChI=1S/C30H31FN4O3S/c1-34-13-12-19-15-21(17-32-28(19)34)23-8-4-5-9-24(23)26-27(31)39-30(33-26)35(22-10-11-22)29(38)20(16-25(36)37)14-18-6-2-3-7-18/h4-5,8-9,12-13,15,17-18,20,22H,2-3,6-7,10-11,14,16H2,1H3,(H,36,37). The van der Waals surface area contributed by atoms with E-state index in [-0.39, 0.29) is 24.1 Å². The number of carboxylic acids is 1. The number of amides is 1. The minimum atomic E-state index is -0.981. The summed E-state index contributed by atoms with van der Waals surface area (Å²) in [7, 11) is 1.94. The van der Waals surface area contributed by atoms with E-state index in [1.165, 1.54) is 0 Å². The van der Waals surface area contributed by atoms with E-state index in [2.05, 4.69) is 9.97 Å². The lowest BCUT2D eigenvalue weighted by Crippen LogP contribution is -2.39. The lowest BCUT2D eigenvalue weighted by molar-refractivity contribution is -0.141. The monoisotopic (exact) mass is 546 g/mol. The molecule has 202 valence electrons. The number of aromatic nitrogens is 3. The van der Waals surface area contributed by atoms with Crippen molar-refractivity contribution in [1.29, 1.82) is 0 Å². The maximum absolute atomic E-state index is 15.6. The predicted molar refractivity (Wildman–Crippen MR) is 150 cm³/mol. The van der Waals surface area contributed by atoms with Gasteiger partial charge >= 0.3 is 5.97 Å². The summed E-state index contributed by atoms with van der Waals surface area (Å²) in [5, 5.41) is 10.4. The van der Waals surface area contributed by atoms with Crippen molar-refractivity contribution in [2.24, 2.45) is 18.9 Å². The van der Waals surface area contributed by atoms with Crippen molar-refractivity contribution >= 4 is 39.4 Å². The lowest BCUT2D eigenvalue weighted by Gasteiger charge is -2.26. The Kier molecular flexibility index (Phi) is 6.93. The molecule has 1 aromatic carbocycles. The predicted octanol–water partition coefficient (Wildman–Crippen LogP) is 6.67. The average Bonchev–Trinajstić information content (AvgIpc) is 3.28. The van der Waals surface area contributed by atoms with Crippen LogP contribution >= 0.6 is 11.3 Å². The quantitative estimate of drug-likeness (QED) is 0.253. The largest absolute Gasteiger partial charge is 0.481 e. The zero-order valence-electron chi connectivity index (χ0n) is 21.8. The van der Waals surface area contributed by atoms with E-state index in [1.807, 2.05) is 54.2 Å². The number of pyridine rings is 1. The maximum Gasteiger partial charge on any atom is 0.304 e. The first-order chi connectivity index (χ1) is 18.9. The zero-order valence-corrected chi connectivity index (χ0v) is 22.7. The van der Waals surface area contributed by atoms with E-state index in [9.17, 15) is 14.7 Å². The summed E-state index contributed by atoms with van der Waals surface area (Å²) < 4.78 is 17.5. The van der Waals surface area contributed by atoms with Gasteiger partial charge in [-0.2, -0.15) is 4.39 Å². The molecule has 1 N–H and O–H groups in total. The van der Waals surface area contributed by atoms with Gasteiger partial charge in [-0.15, -0.1) is 0 Å². The number of hydrogen-bond acceptors (Lipinski definition) is 5. The number of carbonyl (C=O) groups is 2. The molecule has 6 rings (SSSR count). The zero-order chi connectivity index (χ0) is 27.1. The van der Waals surface area contributed by atoms with Gasteiger partial charge in [0.1, 0.15) is 11.3 Å². The second-order valence-corrected chi connectivity index (χ2v) is 11.8. The summed E-state index contributed by atoms with van der Waals surface area (Å²) in [6.07, 6.45) is 10.0. The number of nitrogens with zero attached hydrogens (tertiary/aromatic N) is 4. The van der Waals surface area contributed by atoms with Crippen LogP contribution in [0.5, 0.6) is 0 Å². The summed E-state index contributed by atoms with van der Waals surface area (Å²) in [5.41, 5.74) is 3.35. The highest BCUT2D eigenvalue weighted by Gasteiger charge is 2.40. The molecule has 1 unspecified atom stereocenters. The number of hydrogen-bond donors (Lipinski definition) is 1. The number of benzene rings is 1. The molecule has 0 bridgehead atoms. The van der Waals surface area contributed by atoms with Crippen LogP contribution in [-0.2, 0) is 16.6 Å². The second-order valence-electron chi connectivity index (χ2n) is 10.8. The van der Waals surface area contributed by atoms with Gasteiger partial charge < -0.3 is 9.67 Å². The Morgan fingerprint density at radius 2 is 1.90 bits per heavy atom. The van der Waals surface area contributed by atoms with E-state index in [0.717, 1.165) is 72.0 Å². The Labute approximate surface area is 230 Å². The average molecular weight is 547 g/mol. The number of carboxylic acid groups (broad SMARTS) is 1. The van der Waals surface area contributed by atoms with Gasteiger partial charge in [0.2, 0.25) is 11.0 Å². The SMILES string of the molecule is Cn1ccc2cc(-c3ccccc3-c3nc(N(C(=O)C(CC(=O)O)CC4CCCC4)C4CC4)sc3F)cnc21. The number of aliphatic carboxylic acids is 1. The number of halogens is 1. The van der Waals surface area contributed by atoms with E-state index >= 15 is 4.39 Å². The maximum atomic E-state index is 15.6. The Morgan fingerprint density at radius 3 is 2.62 bits per heavy atom. The third-order valence-corrected chi connectivity index (χ3v) is 8.84. The molecule has 0 saturated heterocycles. The fourth-order valence-corrected chi connectivity index (χ4v) is 6.78. The summed E-state index contributed by atoms with van der Waals surface area (Å²) in [6, 6.07) is 11.5. The summed E-state index contributed by atoms with van der Waals surface area (Å²) in [4.78, 5) is 36.4. The number of aryl methyl sites for hydroxylation is 1. The van der Waals surface area contributed by atoms with Crippen LogP contribution in [0.1, 0.15) is 51.4 Å². The molecule has 39 heavy (non-hydrogen) atoms. The molecule has 2 saturated carbocycles. The van der Waals surface area contributed by atoms with Crippen molar-refractivity contribution in [3.63, 3.8) is 0 Å². The van der Waals surface area contributed by atoms with Crippen molar-refractivity contribution in [2.45, 2.75) is 57.4 Å². The smallest absolute Gasteiger partial charge is 0.304 e. The van der Waals surface area contributed by atoms with Crippen LogP contribution in [0.3, 0.4) is 0 Å². The Morgan fingerprint density at radius 1 is 1.15 bits per heavy atom. The number of fused-ring (bicyclic) bond motifs is 1. The molecule has 3 heterocycles. The third-order valence-electron chi connectivity index (χ3n) is 7.99. The number of anilines is 1. The van der Waals surface area contributed by atoms with Gasteiger partial charge in [0.25, 0.3) is 0 Å². The van der Waals surface area contributed by atoms with Crippen LogP contribution in [0.15, 0.2) is 48.8 Å². The number of rotatable bonds is 9. The first kappa shape index (κ1) is 25.7. The molecule has 0 radical (unpaired) electrons. The molecule has 0 aliphatic heterocycles. The molecule has 7 nitrogen and oxygen atoms in total. The van der Waals surface area contributed by atoms with Gasteiger partial charge in [-0.25, -0.2) is 9.97 Å². The highest BCUT2D eigenvalue weighted by Crippen LogP contribution is 2.42. The molecule has 3 aromatic heterocycles. The van der Waals surface area contributed by atoms with Crippen molar-refractivity contribution in [3.8, 4) is 22.4 Å². The third kappa shape index (κ3) is 5.20. The summed E-state index contributed by atoms with van der Waals surface area (Å²) in [5.74, 6) is -1.48. The minimum absolute atomic E-state index is 0.0595. The fraction of sp³-hybridized carbons (Fsp3) is 0.400. The van der Waals surface area contributed by atoms with Crippen LogP contribution in [0.25, 0.3) is 33.4 Å². The Balaban J connectivity index is 1.34. The van der Waals surface area contributed by atoms with Gasteiger partial charge in [-0.3, -0.25) is 14.5 Å². The Hall–Kier alpha value is -3.59. The summed E-state index contributed by atoms with van der Waals surface area (Å²) in [6.45, 7) is 0. The number of carbonyl (C=O) groups excluding carboxylic acids is 1. The van der Waals surface area contributed by atoms with Gasteiger partial charge in [-0.05, 0) is 42.9 Å². The molecule has 9 heteroatoms. The molecule has 0 spiro atoms. The highest BCUT2D eigenvalue weighted by atomic mass is 32.1. The van der Waals surface area contributed by atoms with Crippen LogP contribution in [-0.4, -0.2) is 37.6 Å². The van der Waals surface area contributed by atoms with Crippen LogP contribution in [0.2, 0.25) is 0 Å². The summed E-state index contributed by atoms with van der Waals surface area (Å²) >= 11 is 0.864. The van der Waals surface area contributed by atoms with Crippen LogP contribution in [0, 0.1) is 17.0 Å². The van der Waals surface area contributed by atoms with E-state index < -0.39 is 17.0 Å². The van der Waals surface area contributed by atoms with Gasteiger partial charge in [-0.1, -0.05) is 61.3 Å². The molecular formula is C30H31FN4O3S. The normalized spacial score (nSPS) is 16.6. The van der Waals surface area contributed by atoms with E-state index in [1.54, 1.807) is 11.1 Å². The van der Waals surface area contributed by atoms with Crippen molar-refractivity contribution in [2.75, 3.05) is 4.90 Å². The van der Waals surface area contributed by atoms with Gasteiger partial charge in [0.15, 0.2) is 5.13 Å². The molecule has 1 atom stereocenters. The van der Waals surface area contributed by atoms with Crippen molar-refractivity contribution < 1.29 is 19.1 Å². The fourth-order valence-electron chi connectivity index (χ4n) is 5.89. The first-order valence-electron chi connectivity index (χ1n) is 13.6. The molecule has 2 aliphatic rings. The number of thiazole rings is 1. The van der Waals surface area contributed by atoms with E-state index in [0.29, 0.717) is 23.0 Å². The lowest BCUT2D eigenvalue weighted by atomic mass is 9.90. The minimum Gasteiger partial charge on any atom is -0.481 e.